The van der Waals surface area contributed by atoms with Crippen LogP contribution in [0.15, 0.2) is 56.9 Å². The summed E-state index contributed by atoms with van der Waals surface area (Å²) >= 11 is 3.28. The Morgan fingerprint density at radius 3 is 2.71 bits per heavy atom. The summed E-state index contributed by atoms with van der Waals surface area (Å²) in [6.07, 6.45) is 1.30. The molecule has 0 bridgehead atoms. The molecule has 0 spiro atoms. The van der Waals surface area contributed by atoms with Crippen LogP contribution in [0.2, 0.25) is 0 Å². The third kappa shape index (κ3) is 4.76. The summed E-state index contributed by atoms with van der Waals surface area (Å²) in [4.78, 5) is 12.4. The number of carbonyl (C=O) groups excluding carboxylic acids is 1. The highest BCUT2D eigenvalue weighted by molar-refractivity contribution is 9.10. The maximum atomic E-state index is 12.7. The van der Waals surface area contributed by atoms with E-state index in [0.717, 1.165) is 4.47 Å². The Morgan fingerprint density at radius 2 is 1.96 bits per heavy atom. The molecule has 2 aromatic carbocycles. The van der Waals surface area contributed by atoms with Crippen molar-refractivity contribution >= 4 is 38.1 Å². The number of halogens is 1. The first-order valence-corrected chi connectivity index (χ1v) is 10.6. The molecule has 0 unspecified atom stereocenters. The van der Waals surface area contributed by atoms with Crippen LogP contribution in [0.5, 0.6) is 5.75 Å². The highest BCUT2D eigenvalue weighted by Crippen LogP contribution is 2.20. The molecular weight excluding hydrogens is 450 g/mol. The van der Waals surface area contributed by atoms with E-state index >= 15 is 0 Å². The molecule has 1 amide bonds. The number of morpholine rings is 1. The lowest BCUT2D eigenvalue weighted by molar-refractivity contribution is 0.0730. The minimum Gasteiger partial charge on any atom is -0.507 e. The van der Waals surface area contributed by atoms with Crippen molar-refractivity contribution < 1.29 is 23.1 Å². The molecule has 148 valence electrons. The van der Waals surface area contributed by atoms with Gasteiger partial charge in [0.25, 0.3) is 5.91 Å². The topological polar surface area (TPSA) is 108 Å². The summed E-state index contributed by atoms with van der Waals surface area (Å²) in [6.45, 7) is 1.24. The molecule has 1 aliphatic rings. The fraction of sp³-hybridized carbons (Fsp3) is 0.222. The number of phenols is 1. The molecule has 0 radical (unpaired) electrons. The molecule has 0 aromatic heterocycles. The summed E-state index contributed by atoms with van der Waals surface area (Å²) in [5.74, 6) is -0.551. The first-order chi connectivity index (χ1) is 13.4. The number of nitrogens with zero attached hydrogens (tertiary/aromatic N) is 2. The van der Waals surface area contributed by atoms with Crippen molar-refractivity contribution in [3.8, 4) is 5.75 Å². The number of hydrogen-bond acceptors (Lipinski definition) is 6. The molecule has 1 fully saturated rings. The van der Waals surface area contributed by atoms with Crippen LogP contribution in [0.1, 0.15) is 15.9 Å². The van der Waals surface area contributed by atoms with Gasteiger partial charge in [-0.1, -0.05) is 22.0 Å². The van der Waals surface area contributed by atoms with Crippen LogP contribution in [0.25, 0.3) is 0 Å². The lowest BCUT2D eigenvalue weighted by Crippen LogP contribution is -2.40. The molecule has 28 heavy (non-hydrogen) atoms. The van der Waals surface area contributed by atoms with Gasteiger partial charge in [0.1, 0.15) is 5.75 Å². The van der Waals surface area contributed by atoms with Crippen molar-refractivity contribution in [3.05, 3.63) is 58.1 Å². The number of hydrazone groups is 1. The largest absolute Gasteiger partial charge is 0.507 e. The number of phenolic OH excluding ortho intramolecular Hbond substituents is 1. The third-order valence-corrected chi connectivity index (χ3v) is 6.45. The van der Waals surface area contributed by atoms with Gasteiger partial charge in [-0.2, -0.15) is 9.41 Å². The summed E-state index contributed by atoms with van der Waals surface area (Å²) in [5, 5.41) is 13.6. The van der Waals surface area contributed by atoms with E-state index in [4.69, 9.17) is 4.74 Å². The fourth-order valence-corrected chi connectivity index (χ4v) is 4.42. The Balaban J connectivity index is 1.73. The number of nitrogens with one attached hydrogen (secondary N) is 1. The number of amides is 1. The van der Waals surface area contributed by atoms with E-state index in [1.807, 2.05) is 0 Å². The maximum absolute atomic E-state index is 12.7. The predicted octanol–water partition coefficient (Wildman–Crippen LogP) is 1.94. The highest BCUT2D eigenvalue weighted by atomic mass is 79.9. The zero-order valence-electron chi connectivity index (χ0n) is 14.7. The number of hydrogen-bond donors (Lipinski definition) is 2. The number of rotatable bonds is 5. The average Bonchev–Trinajstić information content (AvgIpc) is 2.71. The highest BCUT2D eigenvalue weighted by Gasteiger charge is 2.26. The molecule has 2 aromatic rings. The molecule has 0 saturated carbocycles. The van der Waals surface area contributed by atoms with Crippen LogP contribution in [0.3, 0.4) is 0 Å². The van der Waals surface area contributed by atoms with Gasteiger partial charge in [-0.05, 0) is 36.4 Å². The minimum absolute atomic E-state index is 0.0137. The number of aromatic hydroxyl groups is 1. The molecule has 0 aliphatic carbocycles. The van der Waals surface area contributed by atoms with Gasteiger partial charge in [-0.15, -0.1) is 0 Å². The van der Waals surface area contributed by atoms with Gasteiger partial charge in [0.2, 0.25) is 10.0 Å². The number of benzene rings is 2. The van der Waals surface area contributed by atoms with Crippen LogP contribution in [0.4, 0.5) is 0 Å². The van der Waals surface area contributed by atoms with Gasteiger partial charge in [0, 0.05) is 28.7 Å². The molecule has 0 atom stereocenters. The van der Waals surface area contributed by atoms with Crippen molar-refractivity contribution in [1.29, 1.82) is 0 Å². The summed E-state index contributed by atoms with van der Waals surface area (Å²) in [7, 11) is -3.70. The zero-order chi connectivity index (χ0) is 20.1. The number of carbonyl (C=O) groups is 1. The molecule has 3 rings (SSSR count). The van der Waals surface area contributed by atoms with E-state index in [1.54, 1.807) is 12.1 Å². The molecule has 1 aliphatic heterocycles. The van der Waals surface area contributed by atoms with Crippen LogP contribution in [-0.4, -0.2) is 56.3 Å². The van der Waals surface area contributed by atoms with Crippen LogP contribution in [-0.2, 0) is 14.8 Å². The van der Waals surface area contributed by atoms with Gasteiger partial charge < -0.3 is 9.84 Å². The molecule has 8 nitrogen and oxygen atoms in total. The average molecular weight is 468 g/mol. The van der Waals surface area contributed by atoms with Crippen molar-refractivity contribution in [1.82, 2.24) is 9.73 Å². The monoisotopic (exact) mass is 467 g/mol. The molecular formula is C18H18BrN3O5S. The molecule has 10 heteroatoms. The van der Waals surface area contributed by atoms with Gasteiger partial charge in [-0.25, -0.2) is 13.8 Å². The maximum Gasteiger partial charge on any atom is 0.271 e. The molecule has 1 heterocycles. The van der Waals surface area contributed by atoms with Crippen molar-refractivity contribution in [2.75, 3.05) is 26.3 Å². The minimum atomic E-state index is -3.70. The first-order valence-electron chi connectivity index (χ1n) is 8.38. The second kappa shape index (κ2) is 8.82. The van der Waals surface area contributed by atoms with Gasteiger partial charge in [0.15, 0.2) is 0 Å². The van der Waals surface area contributed by atoms with Gasteiger partial charge in [0.05, 0.1) is 24.3 Å². The molecule has 2 N–H and O–H groups in total. The van der Waals surface area contributed by atoms with E-state index in [-0.39, 0.29) is 29.3 Å². The second-order valence-corrected chi connectivity index (χ2v) is 8.80. The molecule has 1 saturated heterocycles. The van der Waals surface area contributed by atoms with Crippen LogP contribution < -0.4 is 5.43 Å². The number of sulfonamides is 1. The van der Waals surface area contributed by atoms with Gasteiger partial charge >= 0.3 is 0 Å². The third-order valence-electron chi connectivity index (χ3n) is 4.06. The number of ether oxygens (including phenoxy) is 1. The van der Waals surface area contributed by atoms with Crippen LogP contribution in [0, 0.1) is 0 Å². The smallest absolute Gasteiger partial charge is 0.271 e. The Labute approximate surface area is 171 Å². The lowest BCUT2D eigenvalue weighted by atomic mass is 10.2. The standard InChI is InChI=1S/C18H18BrN3O5S/c19-15-4-5-17(23)14(10-15)12-20-21-18(24)13-2-1-3-16(11-13)28(25,26)22-6-8-27-9-7-22/h1-5,10-12,23H,6-9H2,(H,21,24). The Kier molecular flexibility index (Phi) is 6.45. The van der Waals surface area contributed by atoms with E-state index < -0.39 is 15.9 Å². The van der Waals surface area contributed by atoms with Crippen molar-refractivity contribution in [2.24, 2.45) is 5.10 Å². The van der Waals surface area contributed by atoms with Crippen molar-refractivity contribution in [2.45, 2.75) is 4.90 Å². The quantitative estimate of drug-likeness (QED) is 0.515. The summed E-state index contributed by atoms with van der Waals surface area (Å²) in [6, 6.07) is 10.6. The fourth-order valence-electron chi connectivity index (χ4n) is 2.59. The van der Waals surface area contributed by atoms with E-state index in [2.05, 4.69) is 26.5 Å². The van der Waals surface area contributed by atoms with E-state index in [9.17, 15) is 18.3 Å². The summed E-state index contributed by atoms with van der Waals surface area (Å²) < 4.78 is 32.7. The SMILES string of the molecule is O=C(NN=Cc1cc(Br)ccc1O)c1cccc(S(=O)(=O)N2CCOCC2)c1. The predicted molar refractivity (Wildman–Crippen MR) is 107 cm³/mol. The normalized spacial score (nSPS) is 15.6. The van der Waals surface area contributed by atoms with E-state index in [1.165, 1.54) is 40.9 Å². The lowest BCUT2D eigenvalue weighted by Gasteiger charge is -2.26. The van der Waals surface area contributed by atoms with Crippen LogP contribution >= 0.6 is 15.9 Å². The van der Waals surface area contributed by atoms with Gasteiger partial charge in [-0.3, -0.25) is 4.79 Å². The Bertz CT molecular complexity index is 1000. The Hall–Kier alpha value is -2.27. The summed E-state index contributed by atoms with van der Waals surface area (Å²) in [5.41, 5.74) is 2.90. The zero-order valence-corrected chi connectivity index (χ0v) is 17.1. The van der Waals surface area contributed by atoms with E-state index in [0.29, 0.717) is 18.8 Å². The van der Waals surface area contributed by atoms with Crippen molar-refractivity contribution in [3.63, 3.8) is 0 Å². The second-order valence-electron chi connectivity index (χ2n) is 5.95. The Morgan fingerprint density at radius 1 is 1.21 bits per heavy atom. The first kappa shape index (κ1) is 20.5.